The average Bonchev–Trinajstić information content (AvgIpc) is 2.54. The standard InChI is InChI=1S/C20H25NO2/c1-20(2,3)16-6-8-17(9-7-16)23-19-11-5-15-12-14(13-22)4-10-18(15)21-19/h4-5,10-13,16-17H,6-9H2,1-3H3/t16-,17-. The van der Waals surface area contributed by atoms with Crippen LogP contribution in [0.25, 0.3) is 10.9 Å². The number of aldehydes is 1. The largest absolute Gasteiger partial charge is 0.474 e. The van der Waals surface area contributed by atoms with Gasteiger partial charge in [-0.2, -0.15) is 0 Å². The summed E-state index contributed by atoms with van der Waals surface area (Å²) in [5.74, 6) is 1.48. The van der Waals surface area contributed by atoms with Crippen molar-refractivity contribution >= 4 is 17.2 Å². The summed E-state index contributed by atoms with van der Waals surface area (Å²) in [6.45, 7) is 6.99. The third-order valence-electron chi connectivity index (χ3n) is 5.01. The molecule has 1 aliphatic carbocycles. The number of benzene rings is 1. The second-order valence-corrected chi connectivity index (χ2v) is 7.68. The Bertz CT molecular complexity index is 694. The van der Waals surface area contributed by atoms with Crippen molar-refractivity contribution < 1.29 is 9.53 Å². The van der Waals surface area contributed by atoms with E-state index in [1.165, 1.54) is 12.8 Å². The van der Waals surface area contributed by atoms with Crippen molar-refractivity contribution in [1.82, 2.24) is 4.98 Å². The third kappa shape index (κ3) is 3.72. The number of nitrogens with zero attached hydrogens (tertiary/aromatic N) is 1. The SMILES string of the molecule is CC(C)(C)[C@H]1CC[C@H](Oc2ccc3cc(C=O)ccc3n2)CC1. The lowest BCUT2D eigenvalue weighted by Gasteiger charge is -2.36. The van der Waals surface area contributed by atoms with Crippen LogP contribution in [0, 0.1) is 11.3 Å². The van der Waals surface area contributed by atoms with E-state index >= 15 is 0 Å². The van der Waals surface area contributed by atoms with Gasteiger partial charge in [-0.25, -0.2) is 4.98 Å². The second kappa shape index (κ2) is 6.31. The summed E-state index contributed by atoms with van der Waals surface area (Å²) >= 11 is 0. The Balaban J connectivity index is 1.67. The molecule has 0 aliphatic heterocycles. The fourth-order valence-electron chi connectivity index (χ4n) is 3.48. The lowest BCUT2D eigenvalue weighted by atomic mass is 9.72. The Morgan fingerprint density at radius 1 is 1.09 bits per heavy atom. The molecule has 1 aromatic heterocycles. The van der Waals surface area contributed by atoms with Crippen LogP contribution < -0.4 is 4.74 Å². The fraction of sp³-hybridized carbons (Fsp3) is 0.500. The normalized spacial score (nSPS) is 22.0. The average molecular weight is 311 g/mol. The van der Waals surface area contributed by atoms with Crippen molar-refractivity contribution in [3.63, 3.8) is 0 Å². The molecule has 1 aromatic carbocycles. The highest BCUT2D eigenvalue weighted by molar-refractivity contribution is 5.86. The molecule has 3 heteroatoms. The van der Waals surface area contributed by atoms with E-state index in [-0.39, 0.29) is 6.10 Å². The molecular formula is C20H25NO2. The predicted molar refractivity (Wildman–Crippen MR) is 93.0 cm³/mol. The summed E-state index contributed by atoms with van der Waals surface area (Å²) < 4.78 is 6.10. The molecular weight excluding hydrogens is 286 g/mol. The number of pyridine rings is 1. The molecule has 2 aromatic rings. The van der Waals surface area contributed by atoms with Crippen LogP contribution in [0.2, 0.25) is 0 Å². The molecule has 0 saturated heterocycles. The summed E-state index contributed by atoms with van der Waals surface area (Å²) in [4.78, 5) is 15.4. The first-order chi connectivity index (χ1) is 11.0. The van der Waals surface area contributed by atoms with Gasteiger partial charge in [-0.15, -0.1) is 0 Å². The number of carbonyl (C=O) groups excluding carboxylic acids is 1. The lowest BCUT2D eigenvalue weighted by Crippen LogP contribution is -2.30. The molecule has 3 nitrogen and oxygen atoms in total. The molecule has 1 saturated carbocycles. The highest BCUT2D eigenvalue weighted by Gasteiger charge is 2.30. The summed E-state index contributed by atoms with van der Waals surface area (Å²) in [7, 11) is 0. The zero-order valence-electron chi connectivity index (χ0n) is 14.2. The van der Waals surface area contributed by atoms with Crippen LogP contribution in [-0.2, 0) is 0 Å². The number of aromatic nitrogens is 1. The zero-order chi connectivity index (χ0) is 16.4. The number of hydrogen-bond acceptors (Lipinski definition) is 3. The number of fused-ring (bicyclic) bond motifs is 1. The molecule has 1 heterocycles. The molecule has 122 valence electrons. The Kier molecular flexibility index (Phi) is 4.38. The Morgan fingerprint density at radius 3 is 2.48 bits per heavy atom. The number of ether oxygens (including phenoxy) is 1. The smallest absolute Gasteiger partial charge is 0.214 e. The number of carbonyl (C=O) groups is 1. The van der Waals surface area contributed by atoms with Crippen molar-refractivity contribution in [1.29, 1.82) is 0 Å². The van der Waals surface area contributed by atoms with Crippen LogP contribution >= 0.6 is 0 Å². The van der Waals surface area contributed by atoms with Crippen molar-refractivity contribution in [2.45, 2.75) is 52.6 Å². The van der Waals surface area contributed by atoms with Gasteiger partial charge in [0.15, 0.2) is 0 Å². The van der Waals surface area contributed by atoms with Gasteiger partial charge in [-0.05, 0) is 61.3 Å². The van der Waals surface area contributed by atoms with Gasteiger partial charge in [0.05, 0.1) is 5.52 Å². The van der Waals surface area contributed by atoms with Gasteiger partial charge < -0.3 is 4.74 Å². The minimum absolute atomic E-state index is 0.271. The van der Waals surface area contributed by atoms with E-state index in [9.17, 15) is 4.79 Å². The van der Waals surface area contributed by atoms with Crippen LogP contribution in [0.15, 0.2) is 30.3 Å². The predicted octanol–water partition coefficient (Wildman–Crippen LogP) is 5.03. The van der Waals surface area contributed by atoms with E-state index < -0.39 is 0 Å². The minimum atomic E-state index is 0.271. The fourth-order valence-corrected chi connectivity index (χ4v) is 3.48. The molecule has 0 N–H and O–H groups in total. The molecule has 3 rings (SSSR count). The first-order valence-electron chi connectivity index (χ1n) is 8.48. The van der Waals surface area contributed by atoms with E-state index in [1.54, 1.807) is 6.07 Å². The van der Waals surface area contributed by atoms with E-state index in [4.69, 9.17) is 4.74 Å². The molecule has 1 aliphatic rings. The van der Waals surface area contributed by atoms with E-state index in [1.807, 2.05) is 24.3 Å². The van der Waals surface area contributed by atoms with E-state index in [2.05, 4.69) is 25.8 Å². The lowest BCUT2D eigenvalue weighted by molar-refractivity contribution is 0.0854. The first-order valence-corrected chi connectivity index (χ1v) is 8.48. The number of hydrogen-bond donors (Lipinski definition) is 0. The Morgan fingerprint density at radius 2 is 1.83 bits per heavy atom. The number of rotatable bonds is 3. The Hall–Kier alpha value is -1.90. The second-order valence-electron chi connectivity index (χ2n) is 7.68. The van der Waals surface area contributed by atoms with E-state index in [0.717, 1.165) is 35.9 Å². The van der Waals surface area contributed by atoms with Gasteiger partial charge in [0.1, 0.15) is 12.4 Å². The monoisotopic (exact) mass is 311 g/mol. The van der Waals surface area contributed by atoms with Gasteiger partial charge >= 0.3 is 0 Å². The highest BCUT2D eigenvalue weighted by atomic mass is 16.5. The van der Waals surface area contributed by atoms with Crippen molar-refractivity contribution in [2.24, 2.45) is 11.3 Å². The summed E-state index contributed by atoms with van der Waals surface area (Å²) in [6.07, 6.45) is 5.79. The van der Waals surface area contributed by atoms with Gasteiger partial charge in [0.2, 0.25) is 5.88 Å². The van der Waals surface area contributed by atoms with Crippen molar-refractivity contribution in [3.8, 4) is 5.88 Å². The molecule has 0 atom stereocenters. The van der Waals surface area contributed by atoms with E-state index in [0.29, 0.717) is 16.9 Å². The molecule has 0 unspecified atom stereocenters. The maximum atomic E-state index is 10.8. The van der Waals surface area contributed by atoms with Crippen molar-refractivity contribution in [3.05, 3.63) is 35.9 Å². The van der Waals surface area contributed by atoms with Crippen molar-refractivity contribution in [2.75, 3.05) is 0 Å². The van der Waals surface area contributed by atoms with Crippen LogP contribution in [0.5, 0.6) is 5.88 Å². The van der Waals surface area contributed by atoms with Gasteiger partial charge in [-0.1, -0.05) is 20.8 Å². The van der Waals surface area contributed by atoms with Crippen LogP contribution in [0.1, 0.15) is 56.8 Å². The van der Waals surface area contributed by atoms with Gasteiger partial charge in [0, 0.05) is 17.0 Å². The maximum Gasteiger partial charge on any atom is 0.214 e. The molecule has 0 amide bonds. The Labute approximate surface area is 138 Å². The van der Waals surface area contributed by atoms with Crippen LogP contribution in [0.3, 0.4) is 0 Å². The molecule has 0 spiro atoms. The summed E-state index contributed by atoms with van der Waals surface area (Å²) in [5.41, 5.74) is 1.94. The molecule has 0 radical (unpaired) electrons. The van der Waals surface area contributed by atoms with Gasteiger partial charge in [0.25, 0.3) is 0 Å². The third-order valence-corrected chi connectivity index (χ3v) is 5.01. The molecule has 0 bridgehead atoms. The first kappa shape index (κ1) is 16.0. The van der Waals surface area contributed by atoms with Crippen LogP contribution in [-0.4, -0.2) is 17.4 Å². The summed E-state index contributed by atoms with van der Waals surface area (Å²) in [6, 6.07) is 9.41. The zero-order valence-corrected chi connectivity index (χ0v) is 14.2. The van der Waals surface area contributed by atoms with Crippen LogP contribution in [0.4, 0.5) is 0 Å². The maximum absolute atomic E-state index is 10.8. The quantitative estimate of drug-likeness (QED) is 0.746. The minimum Gasteiger partial charge on any atom is -0.474 e. The molecule has 23 heavy (non-hydrogen) atoms. The van der Waals surface area contributed by atoms with Gasteiger partial charge in [-0.3, -0.25) is 4.79 Å². The topological polar surface area (TPSA) is 39.2 Å². The highest BCUT2D eigenvalue weighted by Crippen LogP contribution is 2.38. The summed E-state index contributed by atoms with van der Waals surface area (Å²) in [5, 5.41) is 0.971. The molecule has 1 fully saturated rings.